The number of rotatable bonds is 7. The van der Waals surface area contributed by atoms with Gasteiger partial charge in [0.2, 0.25) is 0 Å². The first-order valence-corrected chi connectivity index (χ1v) is 7.25. The maximum absolute atomic E-state index is 9.15. The highest BCUT2D eigenvalue weighted by atomic mass is 16.5. The normalized spacial score (nSPS) is 26.0. The first-order chi connectivity index (χ1) is 8.88. The number of ether oxygens (including phenoxy) is 1. The van der Waals surface area contributed by atoms with Gasteiger partial charge in [0.25, 0.3) is 0 Å². The molecule has 2 rings (SSSR count). The van der Waals surface area contributed by atoms with Crippen LogP contribution in [0.15, 0.2) is 0 Å². The fourth-order valence-electron chi connectivity index (χ4n) is 2.77. The second-order valence-corrected chi connectivity index (χ2v) is 5.27. The van der Waals surface area contributed by atoms with E-state index in [9.17, 15) is 0 Å². The monoisotopic (exact) mass is 257 g/mol. The zero-order valence-electron chi connectivity index (χ0n) is 11.3. The van der Waals surface area contributed by atoms with Gasteiger partial charge in [0.05, 0.1) is 19.8 Å². The summed E-state index contributed by atoms with van der Waals surface area (Å²) in [5.74, 6) is 0. The van der Waals surface area contributed by atoms with E-state index in [-0.39, 0.29) is 6.61 Å². The van der Waals surface area contributed by atoms with E-state index in [1.165, 1.54) is 12.8 Å². The summed E-state index contributed by atoms with van der Waals surface area (Å²) in [5, 5.41) is 12.7. The number of morpholine rings is 1. The molecule has 2 fully saturated rings. The predicted molar refractivity (Wildman–Crippen MR) is 71.8 cm³/mol. The molecule has 0 saturated carbocycles. The Labute approximate surface area is 110 Å². The number of hydrogen-bond acceptors (Lipinski definition) is 5. The fraction of sp³-hybridized carbons (Fsp3) is 1.00. The Bertz CT molecular complexity index is 216. The molecule has 5 nitrogen and oxygen atoms in total. The summed E-state index contributed by atoms with van der Waals surface area (Å²) in [6, 6.07) is 0.626. The zero-order chi connectivity index (χ0) is 12.6. The smallest absolute Gasteiger partial charge is 0.0594 e. The highest BCUT2D eigenvalue weighted by molar-refractivity contribution is 4.78. The molecule has 2 N–H and O–H groups in total. The molecule has 2 heterocycles. The summed E-state index contributed by atoms with van der Waals surface area (Å²) >= 11 is 0. The molecule has 0 bridgehead atoms. The fourth-order valence-corrected chi connectivity index (χ4v) is 2.77. The maximum atomic E-state index is 9.15. The van der Waals surface area contributed by atoms with Crippen molar-refractivity contribution in [1.82, 2.24) is 15.1 Å². The van der Waals surface area contributed by atoms with Crippen LogP contribution in [0.4, 0.5) is 0 Å². The predicted octanol–water partition coefficient (Wildman–Crippen LogP) is -0.635. The molecule has 106 valence electrons. The second kappa shape index (κ2) is 8.07. The molecule has 18 heavy (non-hydrogen) atoms. The van der Waals surface area contributed by atoms with Crippen molar-refractivity contribution < 1.29 is 9.84 Å². The third-order valence-electron chi connectivity index (χ3n) is 3.89. The molecular formula is C13H27N3O2. The molecule has 0 aromatic heterocycles. The summed E-state index contributed by atoms with van der Waals surface area (Å²) in [6.07, 6.45) is 2.57. The quantitative estimate of drug-likeness (QED) is 0.636. The molecular weight excluding hydrogens is 230 g/mol. The number of nitrogens with zero attached hydrogens (tertiary/aromatic N) is 2. The van der Waals surface area contributed by atoms with Crippen molar-refractivity contribution in [2.45, 2.75) is 18.9 Å². The molecule has 2 aliphatic heterocycles. The van der Waals surface area contributed by atoms with E-state index >= 15 is 0 Å². The first kappa shape index (κ1) is 14.2. The van der Waals surface area contributed by atoms with E-state index in [2.05, 4.69) is 15.1 Å². The molecule has 2 saturated heterocycles. The van der Waals surface area contributed by atoms with Crippen LogP contribution < -0.4 is 5.32 Å². The number of aliphatic hydroxyl groups is 1. The minimum Gasteiger partial charge on any atom is -0.395 e. The maximum Gasteiger partial charge on any atom is 0.0594 e. The van der Waals surface area contributed by atoms with E-state index in [1.54, 1.807) is 0 Å². The van der Waals surface area contributed by atoms with Crippen LogP contribution in [0.25, 0.3) is 0 Å². The molecule has 0 amide bonds. The van der Waals surface area contributed by atoms with Gasteiger partial charge in [-0.05, 0) is 19.4 Å². The Kier molecular flexibility index (Phi) is 6.37. The van der Waals surface area contributed by atoms with E-state index in [1.807, 2.05) is 0 Å². The van der Waals surface area contributed by atoms with Gasteiger partial charge in [-0.2, -0.15) is 0 Å². The van der Waals surface area contributed by atoms with Gasteiger partial charge in [-0.15, -0.1) is 0 Å². The Morgan fingerprint density at radius 2 is 2.11 bits per heavy atom. The van der Waals surface area contributed by atoms with Gasteiger partial charge in [-0.25, -0.2) is 0 Å². The van der Waals surface area contributed by atoms with Crippen LogP contribution in [0.3, 0.4) is 0 Å². The standard InChI is InChI=1S/C13H27N3O2/c17-9-6-16(12-13-2-1-3-14-13)5-4-15-7-10-18-11-8-15/h13-14,17H,1-12H2. The molecule has 1 atom stereocenters. The van der Waals surface area contributed by atoms with Crippen molar-refractivity contribution in [2.24, 2.45) is 0 Å². The van der Waals surface area contributed by atoms with Gasteiger partial charge >= 0.3 is 0 Å². The Morgan fingerprint density at radius 3 is 2.78 bits per heavy atom. The highest BCUT2D eigenvalue weighted by Gasteiger charge is 2.18. The van der Waals surface area contributed by atoms with Crippen molar-refractivity contribution in [2.75, 3.05) is 65.6 Å². The zero-order valence-corrected chi connectivity index (χ0v) is 11.3. The molecule has 2 aliphatic rings. The van der Waals surface area contributed by atoms with Gasteiger partial charge in [0.15, 0.2) is 0 Å². The molecule has 5 heteroatoms. The van der Waals surface area contributed by atoms with Gasteiger partial charge in [0.1, 0.15) is 0 Å². The summed E-state index contributed by atoms with van der Waals surface area (Å²) in [7, 11) is 0. The van der Waals surface area contributed by atoms with Crippen molar-refractivity contribution in [3.63, 3.8) is 0 Å². The van der Waals surface area contributed by atoms with Gasteiger partial charge in [0, 0.05) is 45.3 Å². The SMILES string of the molecule is OCCN(CCN1CCOCC1)CC1CCCN1. The third kappa shape index (κ3) is 4.82. The van der Waals surface area contributed by atoms with Crippen molar-refractivity contribution in [3.8, 4) is 0 Å². The average molecular weight is 257 g/mol. The molecule has 0 aromatic carbocycles. The van der Waals surface area contributed by atoms with Crippen LogP contribution in [0.5, 0.6) is 0 Å². The van der Waals surface area contributed by atoms with Crippen molar-refractivity contribution in [3.05, 3.63) is 0 Å². The van der Waals surface area contributed by atoms with Crippen LogP contribution in [-0.4, -0.2) is 86.6 Å². The first-order valence-electron chi connectivity index (χ1n) is 7.25. The topological polar surface area (TPSA) is 48.0 Å². The van der Waals surface area contributed by atoms with Crippen LogP contribution in [-0.2, 0) is 4.74 Å². The van der Waals surface area contributed by atoms with E-state index in [0.717, 1.165) is 59.0 Å². The van der Waals surface area contributed by atoms with Gasteiger partial charge in [-0.3, -0.25) is 9.80 Å². The lowest BCUT2D eigenvalue weighted by Gasteiger charge is -2.30. The number of aliphatic hydroxyl groups excluding tert-OH is 1. The van der Waals surface area contributed by atoms with Crippen molar-refractivity contribution in [1.29, 1.82) is 0 Å². The van der Waals surface area contributed by atoms with E-state index in [4.69, 9.17) is 9.84 Å². The second-order valence-electron chi connectivity index (χ2n) is 5.27. The third-order valence-corrected chi connectivity index (χ3v) is 3.89. The van der Waals surface area contributed by atoms with Crippen LogP contribution in [0, 0.1) is 0 Å². The van der Waals surface area contributed by atoms with Gasteiger partial charge in [-0.1, -0.05) is 0 Å². The average Bonchev–Trinajstić information content (AvgIpc) is 2.90. The minimum absolute atomic E-state index is 0.260. The van der Waals surface area contributed by atoms with Crippen molar-refractivity contribution >= 4 is 0 Å². The number of hydrogen-bond donors (Lipinski definition) is 2. The lowest BCUT2D eigenvalue weighted by Crippen LogP contribution is -2.45. The largest absolute Gasteiger partial charge is 0.395 e. The Morgan fingerprint density at radius 1 is 1.28 bits per heavy atom. The van der Waals surface area contributed by atoms with E-state index < -0.39 is 0 Å². The summed E-state index contributed by atoms with van der Waals surface area (Å²) < 4.78 is 5.36. The minimum atomic E-state index is 0.260. The van der Waals surface area contributed by atoms with E-state index in [0.29, 0.717) is 6.04 Å². The molecule has 0 aromatic rings. The molecule has 0 aliphatic carbocycles. The molecule has 1 unspecified atom stereocenters. The van der Waals surface area contributed by atoms with Gasteiger partial charge < -0.3 is 15.2 Å². The molecule has 0 spiro atoms. The summed E-state index contributed by atoms with van der Waals surface area (Å²) in [6.45, 7) is 9.26. The number of nitrogens with one attached hydrogen (secondary N) is 1. The highest BCUT2D eigenvalue weighted by Crippen LogP contribution is 2.07. The lowest BCUT2D eigenvalue weighted by molar-refractivity contribution is 0.0320. The summed E-state index contributed by atoms with van der Waals surface area (Å²) in [4.78, 5) is 4.84. The van der Waals surface area contributed by atoms with Crippen LogP contribution in [0.2, 0.25) is 0 Å². The van der Waals surface area contributed by atoms with Crippen LogP contribution in [0.1, 0.15) is 12.8 Å². The lowest BCUT2D eigenvalue weighted by atomic mass is 10.2. The molecule has 0 radical (unpaired) electrons. The Balaban J connectivity index is 1.67. The van der Waals surface area contributed by atoms with Crippen LogP contribution >= 0.6 is 0 Å². The Hall–Kier alpha value is -0.200. The summed E-state index contributed by atoms with van der Waals surface area (Å²) in [5.41, 5.74) is 0.